The van der Waals surface area contributed by atoms with Gasteiger partial charge in [0.1, 0.15) is 6.10 Å². The Labute approximate surface area is 73.5 Å². The second-order valence-corrected chi connectivity index (χ2v) is 3.26. The third-order valence-electron chi connectivity index (χ3n) is 2.13. The van der Waals surface area contributed by atoms with E-state index in [2.05, 4.69) is 12.2 Å². The molecule has 1 rings (SSSR count). The van der Waals surface area contributed by atoms with Crippen LogP contribution in [-0.4, -0.2) is 18.7 Å². The van der Waals surface area contributed by atoms with Crippen molar-refractivity contribution in [3.63, 3.8) is 0 Å². The summed E-state index contributed by atoms with van der Waals surface area (Å²) in [6, 6.07) is 0. The van der Waals surface area contributed by atoms with Crippen molar-refractivity contribution < 1.29 is 9.53 Å². The summed E-state index contributed by atoms with van der Waals surface area (Å²) in [6.07, 6.45) is 5.86. The summed E-state index contributed by atoms with van der Waals surface area (Å²) in [5.74, 6) is 0. The van der Waals surface area contributed by atoms with Crippen molar-refractivity contribution in [2.24, 2.45) is 0 Å². The van der Waals surface area contributed by atoms with Crippen LogP contribution in [0.4, 0.5) is 4.79 Å². The van der Waals surface area contributed by atoms with Crippen LogP contribution in [-0.2, 0) is 4.74 Å². The van der Waals surface area contributed by atoms with Gasteiger partial charge in [0, 0.05) is 0 Å². The van der Waals surface area contributed by atoms with E-state index in [0.717, 1.165) is 6.42 Å². The average Bonchev–Trinajstić information content (AvgIpc) is 2.45. The van der Waals surface area contributed by atoms with E-state index in [-0.39, 0.29) is 12.2 Å². The number of rotatable bonds is 5. The summed E-state index contributed by atoms with van der Waals surface area (Å²) in [5, 5.41) is 2.65. The van der Waals surface area contributed by atoms with Crippen LogP contribution in [0.1, 0.15) is 39.0 Å². The van der Waals surface area contributed by atoms with Crippen molar-refractivity contribution in [1.29, 1.82) is 0 Å². The van der Waals surface area contributed by atoms with Crippen LogP contribution >= 0.6 is 0 Å². The summed E-state index contributed by atoms with van der Waals surface area (Å²) in [4.78, 5) is 10.6. The highest BCUT2D eigenvalue weighted by Crippen LogP contribution is 2.10. The molecule has 0 saturated carbocycles. The van der Waals surface area contributed by atoms with Crippen LogP contribution in [0.5, 0.6) is 0 Å². The number of alkyl carbamates (subject to hydrolysis) is 1. The molecule has 1 heterocycles. The third-order valence-corrected chi connectivity index (χ3v) is 2.13. The Morgan fingerprint density at radius 3 is 2.92 bits per heavy atom. The molecule has 70 valence electrons. The number of carbonyl (C=O) groups excluding carboxylic acids is 1. The predicted molar refractivity (Wildman–Crippen MR) is 47.0 cm³/mol. The van der Waals surface area contributed by atoms with Crippen molar-refractivity contribution >= 4 is 6.09 Å². The van der Waals surface area contributed by atoms with Gasteiger partial charge in [0.25, 0.3) is 0 Å². The van der Waals surface area contributed by atoms with E-state index >= 15 is 0 Å². The molecular weight excluding hydrogens is 154 g/mol. The van der Waals surface area contributed by atoms with Crippen molar-refractivity contribution in [2.45, 2.75) is 45.1 Å². The first-order valence-electron chi connectivity index (χ1n) is 4.77. The molecular formula is C9H17NO2. The van der Waals surface area contributed by atoms with Crippen LogP contribution in [0.2, 0.25) is 0 Å². The Morgan fingerprint density at radius 2 is 2.33 bits per heavy atom. The van der Waals surface area contributed by atoms with Crippen molar-refractivity contribution in [2.75, 3.05) is 6.54 Å². The van der Waals surface area contributed by atoms with Crippen LogP contribution < -0.4 is 5.32 Å². The topological polar surface area (TPSA) is 38.3 Å². The summed E-state index contributed by atoms with van der Waals surface area (Å²) in [7, 11) is 0. The monoisotopic (exact) mass is 171 g/mol. The molecule has 0 spiro atoms. The fraction of sp³-hybridized carbons (Fsp3) is 0.889. The highest BCUT2D eigenvalue weighted by molar-refractivity contribution is 5.69. The number of nitrogens with one attached hydrogen (secondary N) is 1. The lowest BCUT2D eigenvalue weighted by Gasteiger charge is -2.05. The standard InChI is InChI=1S/C9H17NO2/c1-2-3-4-5-6-8-7-10-9(11)12-8/h8H,2-7H2,1H3,(H,10,11)/t8-/m1/s1. The maximum Gasteiger partial charge on any atom is 0.407 e. The predicted octanol–water partition coefficient (Wildman–Crippen LogP) is 2.07. The smallest absolute Gasteiger partial charge is 0.407 e. The van der Waals surface area contributed by atoms with Gasteiger partial charge in [-0.1, -0.05) is 26.2 Å². The zero-order valence-corrected chi connectivity index (χ0v) is 7.64. The molecule has 1 amide bonds. The molecule has 3 heteroatoms. The molecule has 0 bridgehead atoms. The molecule has 1 fully saturated rings. The van der Waals surface area contributed by atoms with Gasteiger partial charge >= 0.3 is 6.09 Å². The molecule has 1 atom stereocenters. The maximum absolute atomic E-state index is 10.6. The van der Waals surface area contributed by atoms with E-state index in [1.807, 2.05) is 0 Å². The van der Waals surface area contributed by atoms with Gasteiger partial charge in [0.2, 0.25) is 0 Å². The molecule has 0 aromatic rings. The minimum atomic E-state index is -0.254. The first-order chi connectivity index (χ1) is 5.83. The Balaban J connectivity index is 1.97. The Hall–Kier alpha value is -0.730. The summed E-state index contributed by atoms with van der Waals surface area (Å²) in [5.41, 5.74) is 0. The molecule has 1 N–H and O–H groups in total. The number of amides is 1. The molecule has 0 aromatic heterocycles. The van der Waals surface area contributed by atoms with Gasteiger partial charge in [0.05, 0.1) is 6.54 Å². The minimum absolute atomic E-state index is 0.134. The SMILES string of the molecule is CCCCCC[C@@H]1CNC(=O)O1. The van der Waals surface area contributed by atoms with Crippen LogP contribution in [0.15, 0.2) is 0 Å². The molecule has 3 nitrogen and oxygen atoms in total. The maximum atomic E-state index is 10.6. The summed E-state index contributed by atoms with van der Waals surface area (Å²) >= 11 is 0. The van der Waals surface area contributed by atoms with Crippen LogP contribution in [0, 0.1) is 0 Å². The van der Waals surface area contributed by atoms with Gasteiger partial charge in [0.15, 0.2) is 0 Å². The second-order valence-electron chi connectivity index (χ2n) is 3.26. The normalized spacial score (nSPS) is 22.1. The van der Waals surface area contributed by atoms with Crippen molar-refractivity contribution in [3.8, 4) is 0 Å². The van der Waals surface area contributed by atoms with Crippen LogP contribution in [0.25, 0.3) is 0 Å². The zero-order chi connectivity index (χ0) is 8.81. The first-order valence-corrected chi connectivity index (χ1v) is 4.77. The number of hydrogen-bond acceptors (Lipinski definition) is 2. The number of carbonyl (C=O) groups is 1. The fourth-order valence-corrected chi connectivity index (χ4v) is 1.39. The molecule has 0 aromatic carbocycles. The van der Waals surface area contributed by atoms with E-state index in [9.17, 15) is 4.79 Å². The molecule has 1 aliphatic heterocycles. The van der Waals surface area contributed by atoms with E-state index in [0.29, 0.717) is 6.54 Å². The van der Waals surface area contributed by atoms with Gasteiger partial charge in [-0.3, -0.25) is 0 Å². The van der Waals surface area contributed by atoms with E-state index in [4.69, 9.17) is 4.74 Å². The zero-order valence-electron chi connectivity index (χ0n) is 7.64. The second kappa shape index (κ2) is 5.01. The van der Waals surface area contributed by atoms with Gasteiger partial charge < -0.3 is 10.1 Å². The Morgan fingerprint density at radius 1 is 1.50 bits per heavy atom. The van der Waals surface area contributed by atoms with Gasteiger partial charge in [-0.05, 0) is 12.8 Å². The lowest BCUT2D eigenvalue weighted by atomic mass is 10.1. The number of unbranched alkanes of at least 4 members (excludes halogenated alkanes) is 3. The number of ether oxygens (including phenoxy) is 1. The molecule has 0 radical (unpaired) electrons. The van der Waals surface area contributed by atoms with Crippen molar-refractivity contribution in [3.05, 3.63) is 0 Å². The van der Waals surface area contributed by atoms with E-state index < -0.39 is 0 Å². The Bertz CT molecular complexity index is 147. The van der Waals surface area contributed by atoms with Gasteiger partial charge in [-0.2, -0.15) is 0 Å². The van der Waals surface area contributed by atoms with Gasteiger partial charge in [-0.15, -0.1) is 0 Å². The molecule has 0 aliphatic carbocycles. The molecule has 1 saturated heterocycles. The quantitative estimate of drug-likeness (QED) is 0.643. The first kappa shape index (κ1) is 9.36. The lowest BCUT2D eigenvalue weighted by molar-refractivity contribution is 0.134. The largest absolute Gasteiger partial charge is 0.444 e. The summed E-state index contributed by atoms with van der Waals surface area (Å²) in [6.45, 7) is 2.89. The van der Waals surface area contributed by atoms with E-state index in [1.54, 1.807) is 0 Å². The van der Waals surface area contributed by atoms with Crippen LogP contribution in [0.3, 0.4) is 0 Å². The molecule has 12 heavy (non-hydrogen) atoms. The highest BCUT2D eigenvalue weighted by atomic mass is 16.6. The molecule has 1 aliphatic rings. The fourth-order valence-electron chi connectivity index (χ4n) is 1.39. The number of cyclic esters (lactones) is 1. The minimum Gasteiger partial charge on any atom is -0.444 e. The number of hydrogen-bond donors (Lipinski definition) is 1. The highest BCUT2D eigenvalue weighted by Gasteiger charge is 2.21. The Kier molecular flexibility index (Phi) is 3.91. The average molecular weight is 171 g/mol. The lowest BCUT2D eigenvalue weighted by Crippen LogP contribution is -2.14. The molecule has 0 unspecified atom stereocenters. The van der Waals surface area contributed by atoms with E-state index in [1.165, 1.54) is 25.7 Å². The van der Waals surface area contributed by atoms with Crippen molar-refractivity contribution in [1.82, 2.24) is 5.32 Å². The summed E-state index contributed by atoms with van der Waals surface area (Å²) < 4.78 is 4.99. The third kappa shape index (κ3) is 3.11. The van der Waals surface area contributed by atoms with Gasteiger partial charge in [-0.25, -0.2) is 4.79 Å².